The molecule has 3 rings (SSSR count). The van der Waals surface area contributed by atoms with Gasteiger partial charge in [-0.15, -0.1) is 0 Å². The van der Waals surface area contributed by atoms with Gasteiger partial charge in [-0.3, -0.25) is 9.59 Å². The summed E-state index contributed by atoms with van der Waals surface area (Å²) in [5, 5.41) is 3.63. The molecule has 3 N–H and O–H groups in total. The molecule has 2 aromatic carbocycles. The molecular weight excluding hydrogens is 429 g/mol. The van der Waals surface area contributed by atoms with Crippen molar-refractivity contribution < 1.29 is 9.59 Å². The second-order valence-electron chi connectivity index (χ2n) is 5.65. The topological polar surface area (TPSA) is 85.1 Å². The highest BCUT2D eigenvalue weighted by atomic mass is 127. The Balaban J connectivity index is 1.77. The highest BCUT2D eigenvalue weighted by molar-refractivity contribution is 14.1. The van der Waals surface area contributed by atoms with Gasteiger partial charge >= 0.3 is 0 Å². The third kappa shape index (κ3) is 4.33. The van der Waals surface area contributed by atoms with Crippen LogP contribution in [0, 0.1) is 3.57 Å². The summed E-state index contributed by atoms with van der Waals surface area (Å²) in [5.74, 6) is -0.993. The predicted molar refractivity (Wildman–Crippen MR) is 105 cm³/mol. The molecule has 25 heavy (non-hydrogen) atoms. The van der Waals surface area contributed by atoms with E-state index in [2.05, 4.69) is 32.9 Å². The first-order chi connectivity index (χ1) is 12.0. The number of primary amides is 1. The summed E-state index contributed by atoms with van der Waals surface area (Å²) in [5.41, 5.74) is 7.37. The number of pyridine rings is 1. The SMILES string of the molecule is NC(=O)[C@H](Cc1ccc(I)cc1)NC(=O)c1ccc2ccccc2n1. The Morgan fingerprint density at radius 1 is 1.04 bits per heavy atom. The number of carbonyl (C=O) groups excluding carboxylic acids is 2. The molecule has 0 bridgehead atoms. The molecule has 0 saturated carbocycles. The van der Waals surface area contributed by atoms with Gasteiger partial charge in [-0.25, -0.2) is 4.98 Å². The second kappa shape index (κ2) is 7.60. The second-order valence-corrected chi connectivity index (χ2v) is 6.89. The quantitative estimate of drug-likeness (QED) is 0.593. The van der Waals surface area contributed by atoms with Crippen LogP contribution in [0.25, 0.3) is 10.9 Å². The van der Waals surface area contributed by atoms with E-state index in [0.717, 1.165) is 20.0 Å². The van der Waals surface area contributed by atoms with Crippen molar-refractivity contribution in [2.24, 2.45) is 5.73 Å². The zero-order valence-corrected chi connectivity index (χ0v) is 15.4. The Morgan fingerprint density at radius 3 is 2.48 bits per heavy atom. The molecule has 3 aromatic rings. The van der Waals surface area contributed by atoms with Crippen molar-refractivity contribution in [1.82, 2.24) is 10.3 Å². The molecule has 126 valence electrons. The maximum Gasteiger partial charge on any atom is 0.270 e. The smallest absolute Gasteiger partial charge is 0.270 e. The number of fused-ring (bicyclic) bond motifs is 1. The molecule has 0 saturated heterocycles. The van der Waals surface area contributed by atoms with Gasteiger partial charge in [-0.05, 0) is 52.4 Å². The van der Waals surface area contributed by atoms with Gasteiger partial charge in [0, 0.05) is 15.4 Å². The number of halogens is 1. The maximum absolute atomic E-state index is 12.5. The molecule has 1 atom stereocenters. The van der Waals surface area contributed by atoms with E-state index in [1.54, 1.807) is 6.07 Å². The highest BCUT2D eigenvalue weighted by Crippen LogP contribution is 2.13. The van der Waals surface area contributed by atoms with Gasteiger partial charge in [-0.1, -0.05) is 36.4 Å². The van der Waals surface area contributed by atoms with Crippen molar-refractivity contribution in [3.63, 3.8) is 0 Å². The average Bonchev–Trinajstić information content (AvgIpc) is 2.62. The third-order valence-corrected chi connectivity index (χ3v) is 4.55. The van der Waals surface area contributed by atoms with Crippen LogP contribution in [-0.2, 0) is 11.2 Å². The fourth-order valence-corrected chi connectivity index (χ4v) is 2.86. The summed E-state index contributed by atoms with van der Waals surface area (Å²) in [7, 11) is 0. The number of benzene rings is 2. The summed E-state index contributed by atoms with van der Waals surface area (Å²) in [6.07, 6.45) is 0.339. The Morgan fingerprint density at radius 2 is 1.76 bits per heavy atom. The Kier molecular flexibility index (Phi) is 5.28. The Labute approximate surface area is 158 Å². The van der Waals surface area contributed by atoms with Gasteiger partial charge in [0.2, 0.25) is 5.91 Å². The number of aromatic nitrogens is 1. The number of nitrogens with one attached hydrogen (secondary N) is 1. The van der Waals surface area contributed by atoms with Gasteiger partial charge < -0.3 is 11.1 Å². The van der Waals surface area contributed by atoms with Crippen LogP contribution in [-0.4, -0.2) is 22.8 Å². The molecular formula is C19H16IN3O2. The van der Waals surface area contributed by atoms with Crippen LogP contribution in [0.1, 0.15) is 16.1 Å². The van der Waals surface area contributed by atoms with Crippen LogP contribution in [0.5, 0.6) is 0 Å². The van der Waals surface area contributed by atoms with Gasteiger partial charge in [-0.2, -0.15) is 0 Å². The molecule has 6 heteroatoms. The molecule has 0 radical (unpaired) electrons. The van der Waals surface area contributed by atoms with Crippen molar-refractivity contribution in [3.05, 3.63) is 75.5 Å². The van der Waals surface area contributed by atoms with E-state index in [9.17, 15) is 9.59 Å². The lowest BCUT2D eigenvalue weighted by Gasteiger charge is -2.15. The number of rotatable bonds is 5. The zero-order chi connectivity index (χ0) is 17.8. The minimum Gasteiger partial charge on any atom is -0.368 e. The molecule has 1 heterocycles. The van der Waals surface area contributed by atoms with E-state index in [0.29, 0.717) is 6.42 Å². The molecule has 0 fully saturated rings. The fraction of sp³-hybridized carbons (Fsp3) is 0.105. The van der Waals surface area contributed by atoms with Crippen LogP contribution in [0.15, 0.2) is 60.7 Å². The van der Waals surface area contributed by atoms with Crippen LogP contribution in [0.2, 0.25) is 0 Å². The first-order valence-corrected chi connectivity index (χ1v) is 8.81. The Hall–Kier alpha value is -2.48. The number of para-hydroxylation sites is 1. The lowest BCUT2D eigenvalue weighted by atomic mass is 10.1. The summed E-state index contributed by atoms with van der Waals surface area (Å²) < 4.78 is 1.10. The van der Waals surface area contributed by atoms with Crippen LogP contribution in [0.3, 0.4) is 0 Å². The van der Waals surface area contributed by atoms with Gasteiger partial charge in [0.1, 0.15) is 11.7 Å². The number of carbonyl (C=O) groups is 2. The highest BCUT2D eigenvalue weighted by Gasteiger charge is 2.20. The first-order valence-electron chi connectivity index (χ1n) is 7.73. The van der Waals surface area contributed by atoms with Crippen molar-refractivity contribution in [2.45, 2.75) is 12.5 Å². The minimum absolute atomic E-state index is 0.257. The van der Waals surface area contributed by atoms with E-state index >= 15 is 0 Å². The van der Waals surface area contributed by atoms with E-state index in [4.69, 9.17) is 5.73 Å². The van der Waals surface area contributed by atoms with Crippen LogP contribution >= 0.6 is 22.6 Å². The lowest BCUT2D eigenvalue weighted by Crippen LogP contribution is -2.46. The molecule has 0 aliphatic heterocycles. The summed E-state index contributed by atoms with van der Waals surface area (Å²) in [6.45, 7) is 0. The fourth-order valence-electron chi connectivity index (χ4n) is 2.50. The van der Waals surface area contributed by atoms with Gasteiger partial charge in [0.05, 0.1) is 5.52 Å². The standard InChI is InChI=1S/C19H16IN3O2/c20-14-8-5-12(6-9-14)11-17(18(21)24)23-19(25)16-10-7-13-3-1-2-4-15(13)22-16/h1-10,17H,11H2,(H2,21,24)(H,23,25)/t17-/m0/s1. The van der Waals surface area contributed by atoms with Crippen molar-refractivity contribution in [2.75, 3.05) is 0 Å². The monoisotopic (exact) mass is 445 g/mol. The summed E-state index contributed by atoms with van der Waals surface area (Å²) in [6, 6.07) is 17.9. The lowest BCUT2D eigenvalue weighted by molar-refractivity contribution is -0.119. The third-order valence-electron chi connectivity index (χ3n) is 3.83. The molecule has 5 nitrogen and oxygen atoms in total. The first kappa shape index (κ1) is 17.3. The van der Waals surface area contributed by atoms with Crippen molar-refractivity contribution in [3.8, 4) is 0 Å². The van der Waals surface area contributed by atoms with Crippen LogP contribution in [0.4, 0.5) is 0 Å². The van der Waals surface area contributed by atoms with Crippen molar-refractivity contribution in [1.29, 1.82) is 0 Å². The summed E-state index contributed by atoms with van der Waals surface area (Å²) >= 11 is 2.21. The van der Waals surface area contributed by atoms with Gasteiger partial charge in [0.25, 0.3) is 5.91 Å². The van der Waals surface area contributed by atoms with Crippen molar-refractivity contribution >= 4 is 45.3 Å². The normalized spacial score (nSPS) is 11.9. The van der Waals surface area contributed by atoms with E-state index < -0.39 is 17.9 Å². The zero-order valence-electron chi connectivity index (χ0n) is 13.3. The largest absolute Gasteiger partial charge is 0.368 e. The van der Waals surface area contributed by atoms with E-state index in [1.165, 1.54) is 0 Å². The van der Waals surface area contributed by atoms with Gasteiger partial charge in [0.15, 0.2) is 0 Å². The van der Waals surface area contributed by atoms with E-state index in [1.807, 2.05) is 54.6 Å². The van der Waals surface area contributed by atoms with Crippen LogP contribution < -0.4 is 11.1 Å². The average molecular weight is 445 g/mol. The van der Waals surface area contributed by atoms with E-state index in [-0.39, 0.29) is 5.69 Å². The summed E-state index contributed by atoms with van der Waals surface area (Å²) in [4.78, 5) is 28.5. The maximum atomic E-state index is 12.5. The Bertz CT molecular complexity index is 925. The molecule has 1 aromatic heterocycles. The molecule has 2 amide bonds. The molecule has 0 spiro atoms. The number of nitrogens with two attached hydrogens (primary N) is 1. The number of hydrogen-bond donors (Lipinski definition) is 2. The number of nitrogens with zero attached hydrogens (tertiary/aromatic N) is 1. The number of amides is 2. The molecule has 0 aliphatic carbocycles. The predicted octanol–water partition coefficient (Wildman–Crippen LogP) is 2.67. The number of hydrogen-bond acceptors (Lipinski definition) is 3. The minimum atomic E-state index is -0.791. The molecule has 0 unspecified atom stereocenters. The molecule has 0 aliphatic rings.